The van der Waals surface area contributed by atoms with Crippen molar-refractivity contribution in [1.29, 1.82) is 1.34 Å². The summed E-state index contributed by atoms with van der Waals surface area (Å²) in [5.74, 6) is 0. The van der Waals surface area contributed by atoms with E-state index in [0.717, 1.165) is 0 Å². The lowest BCUT2D eigenvalue weighted by molar-refractivity contribution is 0.588. The van der Waals surface area contributed by atoms with E-state index in [9.17, 15) is 4.20 Å². The molecule has 0 amide bonds. The molecule has 0 aliphatic rings. The first-order valence-corrected chi connectivity index (χ1v) is 2.06. The summed E-state index contributed by atoms with van der Waals surface area (Å²) < 4.78 is 16.9. The molecule has 0 saturated heterocycles. The predicted octanol–water partition coefficient (Wildman–Crippen LogP) is -0.192. The summed E-state index contributed by atoms with van der Waals surface area (Å²) in [6, 6.07) is 0. The third-order valence-corrected chi connectivity index (χ3v) is 0. The van der Waals surface area contributed by atoms with Crippen LogP contribution in [0.15, 0.2) is 0 Å². The van der Waals surface area contributed by atoms with Gasteiger partial charge in [0.15, 0.2) is 8.34 Å². The Hall–Kier alpha value is 0.385. The molecule has 0 heterocycles. The minimum atomic E-state index is -2.43. The summed E-state index contributed by atoms with van der Waals surface area (Å²) in [6.45, 7) is 0. The Balaban J connectivity index is 2.54. The summed E-state index contributed by atoms with van der Waals surface area (Å²) in [6.07, 6.45) is 0. The van der Waals surface area contributed by atoms with Crippen molar-refractivity contribution < 1.29 is 9.09 Å². The SMILES string of the molecule is [3H]BP(O)F. The topological polar surface area (TPSA) is 20.2 Å². The van der Waals surface area contributed by atoms with Gasteiger partial charge >= 0.3 is 0 Å². The summed E-state index contributed by atoms with van der Waals surface area (Å²) in [7, 11) is -2.92. The molecule has 24 valence electrons. The smallest absolute Gasteiger partial charge is 0.211 e. The van der Waals surface area contributed by atoms with Crippen LogP contribution >= 0.6 is 8.34 Å². The molecule has 0 fully saturated rings. The van der Waals surface area contributed by atoms with Gasteiger partial charge in [-0.25, -0.2) is 4.20 Å². The molecule has 0 radical (unpaired) electrons. The normalized spacial score (nSPS) is 18.0. The lowest BCUT2D eigenvalue weighted by atomic mass is 10.8. The molecule has 0 aromatic carbocycles. The zero-order valence-corrected chi connectivity index (χ0v) is 2.87. The Morgan fingerprint density at radius 1 is 2.50 bits per heavy atom. The van der Waals surface area contributed by atoms with Crippen LogP contribution in [0.2, 0.25) is 0 Å². The van der Waals surface area contributed by atoms with Gasteiger partial charge < -0.3 is 4.89 Å². The zero-order valence-electron chi connectivity index (χ0n) is 2.98. The van der Waals surface area contributed by atoms with Crippen LogP contribution in [0.1, 0.15) is 0 Å². The van der Waals surface area contributed by atoms with Crippen LogP contribution in [-0.2, 0) is 0 Å². The van der Waals surface area contributed by atoms with Gasteiger partial charge in [-0.2, -0.15) is 0 Å². The van der Waals surface area contributed by atoms with E-state index in [4.69, 9.17) is 6.23 Å². The van der Waals surface area contributed by atoms with Gasteiger partial charge in [0.2, 0.25) is 7.53 Å². The summed E-state index contributed by atoms with van der Waals surface area (Å²) in [4.78, 5) is 7.57. The van der Waals surface area contributed by atoms with Gasteiger partial charge in [0.05, 0.1) is 0 Å². The van der Waals surface area contributed by atoms with Crippen molar-refractivity contribution in [2.75, 3.05) is 0 Å². The van der Waals surface area contributed by atoms with Crippen LogP contribution in [-0.4, -0.2) is 13.8 Å². The number of hydrogen-bond acceptors (Lipinski definition) is 1. The van der Waals surface area contributed by atoms with Crippen LogP contribution in [0, 0.1) is 0 Å². The fraction of sp³-hybridized carbons (Fsp3) is 0. The second-order valence-electron chi connectivity index (χ2n) is 0.337. The Bertz CT molecular complexity index is 25.6. The van der Waals surface area contributed by atoms with Crippen LogP contribution < -0.4 is 0 Å². The molecule has 0 aromatic rings. The highest BCUT2D eigenvalue weighted by Crippen LogP contribution is 2.21. The number of halogens is 1. The van der Waals surface area contributed by atoms with Gasteiger partial charge in [0.25, 0.3) is 0 Å². The molecule has 0 bridgehead atoms. The first kappa shape index (κ1) is 2.61. The van der Waals surface area contributed by atoms with Gasteiger partial charge in [0.1, 0.15) is 0 Å². The molecule has 0 saturated carbocycles. The number of hydrogen-bond donors (Lipinski definition) is 1. The van der Waals surface area contributed by atoms with Crippen LogP contribution in [0.3, 0.4) is 0 Å². The standard InChI is InChI=1S/BFH3OP/c1-4(2)3/h3H,1H2/i1T. The second-order valence-corrected chi connectivity index (χ2v) is 1.01. The maximum absolute atomic E-state index is 10.9. The average molecular weight is 81.8 g/mol. The first-order valence-electron chi connectivity index (χ1n) is 1.39. The van der Waals surface area contributed by atoms with Gasteiger partial charge in [-0.1, -0.05) is 0 Å². The summed E-state index contributed by atoms with van der Waals surface area (Å²) >= 11 is 0. The second kappa shape index (κ2) is 1.68. The van der Waals surface area contributed by atoms with Crippen LogP contribution in [0.4, 0.5) is 4.20 Å². The molecule has 0 spiro atoms. The van der Waals surface area contributed by atoms with E-state index in [2.05, 4.69) is 0 Å². The Morgan fingerprint density at radius 3 is 2.75 bits per heavy atom. The minimum absolute atomic E-state index is 0.491. The van der Waals surface area contributed by atoms with Crippen molar-refractivity contribution in [2.24, 2.45) is 0 Å². The van der Waals surface area contributed by atoms with Gasteiger partial charge in [0, 0.05) is 0 Å². The fourth-order valence-electron chi connectivity index (χ4n) is 0. The largest absolute Gasteiger partial charge is 0.354 e. The molecule has 0 aromatic heterocycles. The quantitative estimate of drug-likeness (QED) is 0.343. The lowest BCUT2D eigenvalue weighted by Crippen LogP contribution is -1.46. The van der Waals surface area contributed by atoms with Crippen molar-refractivity contribution in [3.63, 3.8) is 0 Å². The third kappa shape index (κ3) is 30.9. The van der Waals surface area contributed by atoms with E-state index in [1.807, 2.05) is 0 Å². The summed E-state index contributed by atoms with van der Waals surface area (Å²) in [5, 5.41) is 0. The van der Waals surface area contributed by atoms with Crippen LogP contribution in [0.25, 0.3) is 0 Å². The lowest BCUT2D eigenvalue weighted by Gasteiger charge is -1.73. The van der Waals surface area contributed by atoms with E-state index in [0.29, 0.717) is 0 Å². The Kier molecular flexibility index (Phi) is 1.10. The predicted molar refractivity (Wildman–Crippen MR) is 18.8 cm³/mol. The Labute approximate surface area is 27.5 Å². The van der Waals surface area contributed by atoms with Gasteiger partial charge in [-0.15, -0.1) is 0 Å². The van der Waals surface area contributed by atoms with E-state index >= 15 is 0 Å². The van der Waals surface area contributed by atoms with Gasteiger partial charge in [-0.05, 0) is 1.34 Å². The third-order valence-electron chi connectivity index (χ3n) is 0. The molecule has 1 unspecified atom stereocenters. The van der Waals surface area contributed by atoms with Crippen molar-refractivity contribution in [3.8, 4) is 0 Å². The molecule has 1 atom stereocenters. The molecule has 0 aliphatic heterocycles. The highest BCUT2D eigenvalue weighted by Gasteiger charge is 1.77. The maximum Gasteiger partial charge on any atom is 0.211 e. The van der Waals surface area contributed by atoms with Gasteiger partial charge in [-0.3, -0.25) is 0 Å². The summed E-state index contributed by atoms with van der Waals surface area (Å²) in [5.41, 5.74) is 0. The highest BCUT2D eigenvalue weighted by atomic mass is 31.2. The van der Waals surface area contributed by atoms with Crippen LogP contribution in [0.5, 0.6) is 0 Å². The Morgan fingerprint density at radius 2 is 2.75 bits per heavy atom. The molecule has 0 rings (SSSR count). The number of rotatable bonds is 1. The molecule has 1 nitrogen and oxygen atoms in total. The molecule has 4 heavy (non-hydrogen) atoms. The maximum atomic E-state index is 10.9. The monoisotopic (exact) mass is 82.0 g/mol. The molecular formula is H3BFOP. The van der Waals surface area contributed by atoms with Crippen molar-refractivity contribution in [3.05, 3.63) is 0 Å². The van der Waals surface area contributed by atoms with E-state index in [1.165, 1.54) is 0 Å². The zero-order chi connectivity index (χ0) is 4.28. The minimum Gasteiger partial charge on any atom is -0.354 e. The highest BCUT2D eigenvalue weighted by molar-refractivity contribution is 7.72. The van der Waals surface area contributed by atoms with Crippen molar-refractivity contribution >= 4 is 15.9 Å². The molecule has 0 aliphatic carbocycles. The van der Waals surface area contributed by atoms with E-state index in [-0.39, 0.29) is 0 Å². The van der Waals surface area contributed by atoms with Crippen molar-refractivity contribution in [2.45, 2.75) is 0 Å². The van der Waals surface area contributed by atoms with E-state index in [1.54, 1.807) is 0 Å². The fourth-order valence-corrected chi connectivity index (χ4v) is 0. The molecule has 1 N–H and O–H groups in total. The van der Waals surface area contributed by atoms with E-state index < -0.39 is 15.9 Å². The molecular weight excluding hydrogens is 76.8 g/mol. The first-order chi connectivity index (χ1) is 2.27. The average Bonchev–Trinajstić information content (AvgIpc) is 1.38. The molecule has 4 heteroatoms. The van der Waals surface area contributed by atoms with Crippen molar-refractivity contribution in [1.82, 2.24) is 0 Å².